The van der Waals surface area contributed by atoms with E-state index < -0.39 is 117 Å². The van der Waals surface area contributed by atoms with Crippen molar-refractivity contribution in [2.45, 2.75) is 89.7 Å². The molecule has 0 bridgehead atoms. The normalized spacial score (nSPS) is 20.1. The van der Waals surface area contributed by atoms with E-state index in [0.717, 1.165) is 17.2 Å². The predicted molar refractivity (Wildman–Crippen MR) is 264 cm³/mol. The second kappa shape index (κ2) is 19.6. The van der Waals surface area contributed by atoms with Gasteiger partial charge in [0.1, 0.15) is 52.8 Å². The van der Waals surface area contributed by atoms with Gasteiger partial charge in [-0.1, -0.05) is 12.6 Å². The van der Waals surface area contributed by atoms with Crippen molar-refractivity contribution in [2.75, 3.05) is 37.5 Å². The summed E-state index contributed by atoms with van der Waals surface area (Å²) in [6, 6.07) is 7.75. The maximum atomic E-state index is 14.6. The van der Waals surface area contributed by atoms with E-state index in [1.807, 2.05) is 0 Å². The molecule has 0 radical (unpaired) electrons. The highest BCUT2D eigenvalue weighted by Crippen LogP contribution is 2.55. The van der Waals surface area contributed by atoms with Crippen molar-refractivity contribution in [2.24, 2.45) is 0 Å². The number of Topliss-reactive ketones (excluding diaryl/α,β-unsaturated/α-hetero) is 1. The van der Waals surface area contributed by atoms with E-state index in [1.165, 1.54) is 55.4 Å². The zero-order chi connectivity index (χ0) is 56.9. The number of methoxy groups -OCH3 is 1. The number of nitrogens with zero attached hydrogens (tertiary/aromatic N) is 3. The first-order valence-corrected chi connectivity index (χ1v) is 30.3. The minimum absolute atomic E-state index is 0.0425. The highest BCUT2D eigenvalue weighted by molar-refractivity contribution is 7.87. The third-order valence-corrected chi connectivity index (χ3v) is 18.2. The van der Waals surface area contributed by atoms with Crippen molar-refractivity contribution >= 4 is 107 Å². The van der Waals surface area contributed by atoms with Gasteiger partial charge in [-0.25, -0.2) is 46.9 Å². The average Bonchev–Trinajstić information content (AvgIpc) is 3.86. The molecule has 1 saturated heterocycles. The first kappa shape index (κ1) is 56.9. The number of allylic oxidation sites excluding steroid dienone is 6. The van der Waals surface area contributed by atoms with Gasteiger partial charge in [-0.15, -0.1) is 5.06 Å². The fourth-order valence-electron chi connectivity index (χ4n) is 10.5. The monoisotopic (exact) mass is 1160 g/mol. The number of carbonyl (C=O) groups excluding carboxylic acids is 3. The molecule has 1 aliphatic carbocycles. The smallest absolute Gasteiger partial charge is 0.333 e. The van der Waals surface area contributed by atoms with Gasteiger partial charge in [0.25, 0.3) is 5.91 Å². The van der Waals surface area contributed by atoms with Crippen LogP contribution in [0.25, 0.3) is 21.5 Å². The Bertz CT molecular complexity index is 4050. The van der Waals surface area contributed by atoms with Crippen LogP contribution in [-0.4, -0.2) is 136 Å². The molecular weight excluding hydrogens is 1110 g/mol. The quantitative estimate of drug-likeness (QED) is 0.0848. The van der Waals surface area contributed by atoms with Crippen LogP contribution in [0.1, 0.15) is 70.4 Å². The number of ketones is 1. The summed E-state index contributed by atoms with van der Waals surface area (Å²) in [6.45, 7) is 8.09. The summed E-state index contributed by atoms with van der Waals surface area (Å²) in [4.78, 5) is 42.5. The van der Waals surface area contributed by atoms with Crippen LogP contribution in [0.15, 0.2) is 115 Å². The molecule has 1 amide bonds. The summed E-state index contributed by atoms with van der Waals surface area (Å²) in [5.74, 6) is -3.76. The first-order valence-electron chi connectivity index (χ1n) is 23.1. The van der Waals surface area contributed by atoms with Gasteiger partial charge < -0.3 is 42.3 Å². The van der Waals surface area contributed by atoms with E-state index in [2.05, 4.69) is 6.58 Å². The van der Waals surface area contributed by atoms with Crippen LogP contribution in [0.2, 0.25) is 0 Å². The summed E-state index contributed by atoms with van der Waals surface area (Å²) in [6.07, 6.45) is 1.77. The van der Waals surface area contributed by atoms with Crippen molar-refractivity contribution < 1.29 is 98.5 Å². The van der Waals surface area contributed by atoms with Crippen LogP contribution in [0.5, 0.6) is 0 Å². The molecule has 3 aliphatic heterocycles. The van der Waals surface area contributed by atoms with Crippen LogP contribution in [0, 0.1) is 0 Å². The molecule has 1 N–H and O–H groups in total. The average molecular weight is 1160 g/mol. The lowest BCUT2D eigenvalue weighted by Gasteiger charge is -2.32. The van der Waals surface area contributed by atoms with E-state index in [4.69, 9.17) is 9.57 Å². The maximum Gasteiger partial charge on any atom is 0.333 e. The van der Waals surface area contributed by atoms with Crippen LogP contribution in [0.3, 0.4) is 0 Å². The number of hydrogen-bond donors (Lipinski definition) is 1. The van der Waals surface area contributed by atoms with Crippen LogP contribution >= 0.6 is 0 Å². The maximum absolute atomic E-state index is 14.6. The Kier molecular flexibility index (Phi) is 14.5. The van der Waals surface area contributed by atoms with Gasteiger partial charge >= 0.3 is 5.97 Å². The number of hydrogen-bond acceptors (Lipinski definition) is 22. The minimum Gasteiger partial charge on any atom is -0.748 e. The molecule has 0 spiro atoms. The summed E-state index contributed by atoms with van der Waals surface area (Å²) in [5.41, 5.74) is -2.71. The number of aliphatic hydroxyl groups excluding tert-OH is 1. The summed E-state index contributed by atoms with van der Waals surface area (Å²) in [7, 11) is -25.3. The first-order chi connectivity index (χ1) is 35.5. The molecule has 3 heterocycles. The lowest BCUT2D eigenvalue weighted by Crippen LogP contribution is -2.34. The van der Waals surface area contributed by atoms with Gasteiger partial charge in [0, 0.05) is 72.1 Å². The summed E-state index contributed by atoms with van der Waals surface area (Å²) in [5, 5.41) is 11.8. The van der Waals surface area contributed by atoms with Gasteiger partial charge in [-0.05, 0) is 104 Å². The zero-order valence-corrected chi connectivity index (χ0v) is 45.1. The van der Waals surface area contributed by atoms with Crippen LogP contribution in [0.4, 0.5) is 11.4 Å². The minimum atomic E-state index is -5.49. The van der Waals surface area contributed by atoms with Crippen molar-refractivity contribution in [1.29, 1.82) is 0 Å². The third-order valence-electron chi connectivity index (χ3n) is 14.0. The number of anilines is 1. The number of carbonyl (C=O) groups is 3. The fourth-order valence-corrected chi connectivity index (χ4v) is 13.7. The van der Waals surface area contributed by atoms with Crippen LogP contribution in [-0.2, 0) is 85.4 Å². The van der Waals surface area contributed by atoms with Crippen molar-refractivity contribution in [1.82, 2.24) is 5.06 Å². The number of hydroxylamine groups is 2. The Morgan fingerprint density at radius 2 is 1.34 bits per heavy atom. The second-order valence-electron chi connectivity index (χ2n) is 19.3. The molecule has 1 fully saturated rings. The molecule has 77 heavy (non-hydrogen) atoms. The Morgan fingerprint density at radius 1 is 0.766 bits per heavy atom. The van der Waals surface area contributed by atoms with Gasteiger partial charge in [0.05, 0.1) is 65.0 Å². The topological polar surface area (TPSA) is 385 Å². The molecule has 0 aromatic heterocycles. The number of ether oxygens (including phenoxy) is 1. The van der Waals surface area contributed by atoms with Gasteiger partial charge in [-0.2, -0.15) is 4.58 Å². The molecule has 412 valence electrons. The van der Waals surface area contributed by atoms with E-state index >= 15 is 0 Å². The number of amides is 1. The highest BCUT2D eigenvalue weighted by atomic mass is 32.2. The molecule has 0 saturated carbocycles. The van der Waals surface area contributed by atoms with Gasteiger partial charge in [-0.3, -0.25) is 9.59 Å². The molecule has 29 heteroatoms. The molecule has 1 unspecified atom stereocenters. The molecule has 24 nitrogen and oxygen atoms in total. The van der Waals surface area contributed by atoms with E-state index in [-0.39, 0.29) is 124 Å². The van der Waals surface area contributed by atoms with Crippen molar-refractivity contribution in [3.63, 3.8) is 0 Å². The Balaban J connectivity index is 1.31. The molecule has 4 aromatic carbocycles. The number of fused-ring (bicyclic) bond motifs is 6. The lowest BCUT2D eigenvalue weighted by molar-refractivity contribution is -0.438. The van der Waals surface area contributed by atoms with E-state index in [9.17, 15) is 84.3 Å². The standard InChI is InChI=1S/C48H49N3O21S5/c1-26-9-14-41(52)51(26)72-42(53)8-6-16-49-35-12-10-29-31(20-27(74(59,60)61)22-37(29)76(65,66)67)43(35)47(2,3)39(49)24-33-45(54)34(46(33)55)25-40-48(4,15-7-19-73(56,57)58)44-32-21-28(75(62,63)64)23-38(77(68,69)70)30(32)11-13-36(44)50(40)17-18-71-5/h10-13,20-25H,1,6-9,14-19H2,2-5H3,(H5-,54,55,56,57,58,59,60,61,62,63,64,65,66,67,68,69,70)/p-4. The molecule has 4 aliphatic rings. The Labute approximate surface area is 442 Å². The number of rotatable bonds is 18. The summed E-state index contributed by atoms with van der Waals surface area (Å²) >= 11 is 0. The number of aliphatic hydroxyl groups is 1. The SMILES string of the molecule is C=C1CCC(=O)N1OC(=O)CCC[N+]1=C(C=C2C(=O)C(C=C3N(CCOC)c4ccc5c(S(=O)(=O)[O-])cc(S(=O)(=O)[O-])cc5c4C3(C)CCCS(=O)(=O)[O-])=C2O)C(C)(C)c2c1ccc1c(S(=O)(=O)[O-])cc(S(=O)(=O)[O-])cc21. The molecular formula is C48H45N3O21S5-4. The Hall–Kier alpha value is -6.25. The van der Waals surface area contributed by atoms with E-state index in [0.29, 0.717) is 12.1 Å². The van der Waals surface area contributed by atoms with Crippen molar-refractivity contribution in [3.8, 4) is 0 Å². The van der Waals surface area contributed by atoms with E-state index in [1.54, 1.807) is 18.4 Å². The predicted octanol–water partition coefficient (Wildman–Crippen LogP) is 3.31. The molecule has 1 atom stereocenters. The highest BCUT2D eigenvalue weighted by Gasteiger charge is 2.50. The molecule has 8 rings (SSSR count). The van der Waals surface area contributed by atoms with Crippen LogP contribution < -0.4 is 4.90 Å². The fraction of sp³-hybridized carbons (Fsp3) is 0.333. The van der Waals surface area contributed by atoms with Gasteiger partial charge in [0.2, 0.25) is 11.5 Å². The Morgan fingerprint density at radius 3 is 1.84 bits per heavy atom. The molecule has 4 aromatic rings. The lowest BCUT2D eigenvalue weighted by atomic mass is 9.74. The van der Waals surface area contributed by atoms with Gasteiger partial charge in [0.15, 0.2) is 5.71 Å². The third kappa shape index (κ3) is 10.5. The van der Waals surface area contributed by atoms with Crippen molar-refractivity contribution in [3.05, 3.63) is 107 Å². The summed E-state index contributed by atoms with van der Waals surface area (Å²) < 4.78 is 193. The zero-order valence-electron chi connectivity index (χ0n) is 41.0. The second-order valence-corrected chi connectivity index (χ2v) is 26.3. The largest absolute Gasteiger partial charge is 0.748 e. The number of benzene rings is 4.